The van der Waals surface area contributed by atoms with Crippen LogP contribution in [0.1, 0.15) is 11.3 Å². The summed E-state index contributed by atoms with van der Waals surface area (Å²) in [6.45, 7) is 5.15. The molecule has 1 amide bonds. The highest BCUT2D eigenvalue weighted by molar-refractivity contribution is 7.07. The molecule has 0 radical (unpaired) electrons. The first-order valence-electron chi connectivity index (χ1n) is 8.43. The van der Waals surface area contributed by atoms with E-state index in [1.165, 1.54) is 5.56 Å². The lowest BCUT2D eigenvalue weighted by Gasteiger charge is -2.23. The summed E-state index contributed by atoms with van der Waals surface area (Å²) in [7, 11) is 0. The lowest BCUT2D eigenvalue weighted by Crippen LogP contribution is -2.34. The number of hydrogen-bond acceptors (Lipinski definition) is 5. The molecule has 2 aromatic rings. The third-order valence-electron chi connectivity index (χ3n) is 4.86. The summed E-state index contributed by atoms with van der Waals surface area (Å²) in [4.78, 5) is 16.9. The van der Waals surface area contributed by atoms with Gasteiger partial charge in [-0.15, -0.1) is 0 Å². The van der Waals surface area contributed by atoms with Crippen LogP contribution in [0.15, 0.2) is 39.6 Å². The second-order valence-electron chi connectivity index (χ2n) is 6.59. The van der Waals surface area contributed by atoms with E-state index in [1.54, 1.807) is 17.6 Å². The van der Waals surface area contributed by atoms with Crippen LogP contribution in [-0.4, -0.2) is 54.6 Å². The Morgan fingerprint density at radius 3 is 3.04 bits per heavy atom. The van der Waals surface area contributed by atoms with Crippen molar-refractivity contribution in [1.82, 2.24) is 9.80 Å². The van der Waals surface area contributed by atoms with Crippen molar-refractivity contribution in [3.63, 3.8) is 0 Å². The van der Waals surface area contributed by atoms with Gasteiger partial charge in [-0.2, -0.15) is 11.3 Å². The fourth-order valence-corrected chi connectivity index (χ4v) is 4.28. The molecule has 2 saturated heterocycles. The molecule has 5 nitrogen and oxygen atoms in total. The highest BCUT2D eigenvalue weighted by Gasteiger charge is 2.38. The molecule has 2 aromatic heterocycles. The predicted octanol–water partition coefficient (Wildman–Crippen LogP) is 2.24. The Labute approximate surface area is 145 Å². The molecule has 0 unspecified atom stereocenters. The van der Waals surface area contributed by atoms with E-state index >= 15 is 0 Å². The Kier molecular flexibility index (Phi) is 4.69. The average Bonchev–Trinajstić information content (AvgIpc) is 3.29. The van der Waals surface area contributed by atoms with E-state index < -0.39 is 0 Å². The van der Waals surface area contributed by atoms with Crippen LogP contribution >= 0.6 is 11.3 Å². The Balaban J connectivity index is 1.36. The van der Waals surface area contributed by atoms with E-state index in [2.05, 4.69) is 21.7 Å². The molecule has 0 saturated carbocycles. The molecule has 128 valence electrons. The first-order chi connectivity index (χ1) is 11.8. The van der Waals surface area contributed by atoms with E-state index in [1.807, 2.05) is 17.0 Å². The van der Waals surface area contributed by atoms with Crippen LogP contribution in [0, 0.1) is 5.92 Å². The highest BCUT2D eigenvalue weighted by Crippen LogP contribution is 2.25. The molecule has 0 N–H and O–H groups in total. The summed E-state index contributed by atoms with van der Waals surface area (Å²) in [6, 6.07) is 5.86. The number of ether oxygens (including phenoxy) is 1. The minimum atomic E-state index is 0.131. The number of fused-ring (bicyclic) bond motifs is 1. The van der Waals surface area contributed by atoms with Gasteiger partial charge in [0.05, 0.1) is 25.4 Å². The zero-order valence-corrected chi connectivity index (χ0v) is 14.4. The number of likely N-dealkylation sites (tertiary alicyclic amines) is 1. The molecule has 0 spiro atoms. The van der Waals surface area contributed by atoms with Gasteiger partial charge in [0.15, 0.2) is 0 Å². The van der Waals surface area contributed by atoms with Gasteiger partial charge < -0.3 is 14.1 Å². The number of rotatable bonds is 4. The minimum absolute atomic E-state index is 0.131. The smallest absolute Gasteiger partial charge is 0.230 e. The molecule has 0 aromatic carbocycles. The fourth-order valence-electron chi connectivity index (χ4n) is 3.62. The second kappa shape index (κ2) is 7.09. The number of hydrogen-bond donors (Lipinski definition) is 0. The summed E-state index contributed by atoms with van der Waals surface area (Å²) in [5, 5.41) is 4.33. The van der Waals surface area contributed by atoms with Crippen LogP contribution in [0.5, 0.6) is 0 Å². The molecule has 6 heteroatoms. The lowest BCUT2D eigenvalue weighted by molar-refractivity contribution is -0.130. The van der Waals surface area contributed by atoms with Gasteiger partial charge in [-0.3, -0.25) is 9.69 Å². The molecular weight excluding hydrogens is 324 g/mol. The number of thiophene rings is 1. The molecule has 0 aliphatic carbocycles. The summed E-state index contributed by atoms with van der Waals surface area (Å²) in [5.41, 5.74) is 1.36. The Bertz CT molecular complexity index is 656. The van der Waals surface area contributed by atoms with Crippen molar-refractivity contribution in [2.75, 3.05) is 32.8 Å². The molecule has 4 heterocycles. The van der Waals surface area contributed by atoms with Crippen LogP contribution in [0.3, 0.4) is 0 Å². The van der Waals surface area contributed by atoms with Gasteiger partial charge >= 0.3 is 0 Å². The predicted molar refractivity (Wildman–Crippen MR) is 91.8 cm³/mol. The van der Waals surface area contributed by atoms with Crippen molar-refractivity contribution < 1.29 is 13.9 Å². The van der Waals surface area contributed by atoms with Gasteiger partial charge in [0.25, 0.3) is 0 Å². The van der Waals surface area contributed by atoms with Gasteiger partial charge in [-0.25, -0.2) is 0 Å². The molecule has 2 aliphatic heterocycles. The third kappa shape index (κ3) is 3.55. The zero-order valence-electron chi connectivity index (χ0n) is 13.6. The van der Waals surface area contributed by atoms with Gasteiger partial charge in [0, 0.05) is 38.6 Å². The normalized spacial score (nSPS) is 24.8. The van der Waals surface area contributed by atoms with Crippen molar-refractivity contribution in [3.8, 4) is 0 Å². The Morgan fingerprint density at radius 2 is 2.25 bits per heavy atom. The fraction of sp³-hybridized carbons (Fsp3) is 0.500. The number of furan rings is 1. The average molecular weight is 346 g/mol. The maximum atomic E-state index is 12.5. The molecule has 2 fully saturated rings. The molecular formula is C18H22N2O3S. The highest BCUT2D eigenvalue weighted by atomic mass is 32.1. The maximum Gasteiger partial charge on any atom is 0.230 e. The largest absolute Gasteiger partial charge is 0.469 e. The van der Waals surface area contributed by atoms with Gasteiger partial charge in [0.2, 0.25) is 5.91 Å². The molecule has 2 aliphatic rings. The van der Waals surface area contributed by atoms with Crippen molar-refractivity contribution in [1.29, 1.82) is 0 Å². The van der Waals surface area contributed by atoms with E-state index in [0.29, 0.717) is 18.9 Å². The van der Waals surface area contributed by atoms with Crippen LogP contribution in [0.4, 0.5) is 0 Å². The van der Waals surface area contributed by atoms with E-state index in [4.69, 9.17) is 9.15 Å². The van der Waals surface area contributed by atoms with Crippen molar-refractivity contribution >= 4 is 17.2 Å². The molecule has 0 bridgehead atoms. The standard InChI is InChI=1S/C18H22N2O3S/c21-18(8-16-2-1-5-22-16)20-11-15-10-19(4-6-23-17(15)12-20)9-14-3-7-24-13-14/h1-3,5,7,13,15,17H,4,6,8-12H2/t15-,17+/m1/s1. The van der Waals surface area contributed by atoms with Gasteiger partial charge in [0.1, 0.15) is 5.76 Å². The number of amides is 1. The monoisotopic (exact) mass is 346 g/mol. The van der Waals surface area contributed by atoms with E-state index in [-0.39, 0.29) is 12.0 Å². The molecule has 2 atom stereocenters. The second-order valence-corrected chi connectivity index (χ2v) is 7.37. The Morgan fingerprint density at radius 1 is 1.29 bits per heavy atom. The summed E-state index contributed by atoms with van der Waals surface area (Å²) < 4.78 is 11.3. The number of nitrogens with zero attached hydrogens (tertiary/aromatic N) is 2. The third-order valence-corrected chi connectivity index (χ3v) is 5.59. The first-order valence-corrected chi connectivity index (χ1v) is 9.37. The van der Waals surface area contributed by atoms with E-state index in [9.17, 15) is 4.79 Å². The SMILES string of the molecule is O=C(Cc1ccco1)N1C[C@H]2CN(Cc3ccsc3)CCO[C@H]2C1. The zero-order chi connectivity index (χ0) is 16.4. The summed E-state index contributed by atoms with van der Waals surface area (Å²) in [6.07, 6.45) is 2.12. The lowest BCUT2D eigenvalue weighted by atomic mass is 10.1. The van der Waals surface area contributed by atoms with Crippen LogP contribution in [0.2, 0.25) is 0 Å². The number of carbonyl (C=O) groups excluding carboxylic acids is 1. The van der Waals surface area contributed by atoms with Crippen molar-refractivity contribution in [2.24, 2.45) is 5.92 Å². The molecule has 24 heavy (non-hydrogen) atoms. The van der Waals surface area contributed by atoms with Crippen LogP contribution < -0.4 is 0 Å². The summed E-state index contributed by atoms with van der Waals surface area (Å²) >= 11 is 1.74. The number of carbonyl (C=O) groups is 1. The Hall–Kier alpha value is -1.63. The summed E-state index contributed by atoms with van der Waals surface area (Å²) in [5.74, 6) is 1.25. The topological polar surface area (TPSA) is 45.9 Å². The van der Waals surface area contributed by atoms with Gasteiger partial charge in [-0.1, -0.05) is 0 Å². The maximum absolute atomic E-state index is 12.5. The van der Waals surface area contributed by atoms with Gasteiger partial charge in [-0.05, 0) is 34.5 Å². The van der Waals surface area contributed by atoms with E-state index in [0.717, 1.165) is 38.5 Å². The minimum Gasteiger partial charge on any atom is -0.469 e. The first kappa shape index (κ1) is 15.9. The quantitative estimate of drug-likeness (QED) is 0.852. The van der Waals surface area contributed by atoms with Crippen molar-refractivity contribution in [3.05, 3.63) is 46.5 Å². The van der Waals surface area contributed by atoms with Crippen molar-refractivity contribution in [2.45, 2.75) is 19.1 Å². The van der Waals surface area contributed by atoms with Crippen LogP contribution in [-0.2, 0) is 22.5 Å². The van der Waals surface area contributed by atoms with Crippen LogP contribution in [0.25, 0.3) is 0 Å². The molecule has 4 rings (SSSR count).